The lowest BCUT2D eigenvalue weighted by molar-refractivity contribution is -0.0512. The second kappa shape index (κ2) is 5.93. The number of hydrogen-bond acceptors (Lipinski definition) is 9. The van der Waals surface area contributed by atoms with Crippen LogP contribution in [0.15, 0.2) is 0 Å². The fourth-order valence-electron chi connectivity index (χ4n) is 2.30. The summed E-state index contributed by atoms with van der Waals surface area (Å²) >= 11 is 0. The van der Waals surface area contributed by atoms with Crippen molar-refractivity contribution in [2.75, 3.05) is 0 Å². The van der Waals surface area contributed by atoms with Crippen LogP contribution in [0.1, 0.15) is 13.3 Å². The van der Waals surface area contributed by atoms with E-state index in [2.05, 4.69) is 13.1 Å². The maximum Gasteiger partial charge on any atom is 0.490 e. The summed E-state index contributed by atoms with van der Waals surface area (Å²) in [7, 11) is -11.0. The average Bonchev–Trinajstić information content (AvgIpc) is 2.91. The molecule has 138 valence electrons. The van der Waals surface area contributed by atoms with Gasteiger partial charge in [-0.05, 0) is 6.92 Å². The number of aliphatic hydroxyl groups is 2. The van der Waals surface area contributed by atoms with Crippen LogP contribution in [0, 0.1) is 0 Å². The van der Waals surface area contributed by atoms with Crippen LogP contribution in [0.5, 0.6) is 0 Å². The summed E-state index contributed by atoms with van der Waals surface area (Å²) < 4.78 is 50.1. The molecule has 1 saturated heterocycles. The van der Waals surface area contributed by atoms with E-state index in [9.17, 15) is 28.8 Å². The highest BCUT2D eigenvalue weighted by Crippen LogP contribution is 2.69. The van der Waals surface area contributed by atoms with Gasteiger partial charge in [-0.3, -0.25) is 4.52 Å². The normalized spacial score (nSPS) is 44.2. The van der Waals surface area contributed by atoms with Crippen LogP contribution >= 0.6 is 23.5 Å². The Labute approximate surface area is 136 Å². The highest BCUT2D eigenvalue weighted by molar-refractivity contribution is 7.66. The smallest absolute Gasteiger partial charge is 0.387 e. The zero-order valence-electron chi connectivity index (χ0n) is 11.9. The fourth-order valence-corrected chi connectivity index (χ4v) is 5.53. The summed E-state index contributed by atoms with van der Waals surface area (Å²) in [6.07, 6.45) is -3.16. The van der Waals surface area contributed by atoms with Gasteiger partial charge in [0.05, 0.1) is 0 Å². The molecule has 1 heterocycles. The van der Waals surface area contributed by atoms with Crippen LogP contribution in [0.25, 0.3) is 0 Å². The summed E-state index contributed by atoms with van der Waals surface area (Å²) in [5.74, 6) is 0. The Balaban J connectivity index is 2.04. The Bertz CT molecular complexity index is 660. The van der Waals surface area contributed by atoms with Crippen molar-refractivity contribution in [2.45, 2.75) is 42.8 Å². The zero-order chi connectivity index (χ0) is 18.8. The number of rotatable bonds is 6. The van der Waals surface area contributed by atoms with Crippen LogP contribution in [0.4, 0.5) is 0 Å². The maximum atomic E-state index is 11.7. The minimum Gasteiger partial charge on any atom is -0.387 e. The van der Waals surface area contributed by atoms with Crippen molar-refractivity contribution in [1.29, 1.82) is 0 Å². The molecule has 2 rings (SSSR count). The third-order valence-electron chi connectivity index (χ3n) is 3.50. The van der Waals surface area contributed by atoms with Gasteiger partial charge >= 0.3 is 23.5 Å². The van der Waals surface area contributed by atoms with Gasteiger partial charge in [0.1, 0.15) is 31.3 Å². The second-order valence-corrected chi connectivity index (χ2v) is 9.88. The summed E-state index contributed by atoms with van der Waals surface area (Å²) in [4.78, 5) is 35.2. The van der Waals surface area contributed by atoms with Gasteiger partial charge in [-0.2, -0.15) is 8.62 Å². The van der Waals surface area contributed by atoms with Crippen LogP contribution in [-0.4, -0.2) is 67.0 Å². The first-order valence-electron chi connectivity index (χ1n) is 6.17. The molecular weight excluding hydrogens is 396 g/mol. The standard InChI is InChI=1S/C7H14BO13P3/c1-6(10)4(9)7(18-5(6)8)2-3(7)19-23(14,15)21-24(16,17)20-22(11,12)13/h3-5,9-10H,2H2,1H3,(H,14,15)(H,16,17)(H2,11,12,13)/t3-,4+,5-,6-,7?/m1/s1. The van der Waals surface area contributed by atoms with Gasteiger partial charge < -0.3 is 34.5 Å². The van der Waals surface area contributed by atoms with Crippen LogP contribution in [0.3, 0.4) is 0 Å². The molecule has 0 bridgehead atoms. The summed E-state index contributed by atoms with van der Waals surface area (Å²) in [6, 6.07) is -1.33. The Morgan fingerprint density at radius 1 is 1.12 bits per heavy atom. The van der Waals surface area contributed by atoms with Crippen molar-refractivity contribution < 1.29 is 61.4 Å². The van der Waals surface area contributed by atoms with Crippen molar-refractivity contribution in [3.8, 4) is 0 Å². The Hall–Kier alpha value is 0.355. The quantitative estimate of drug-likeness (QED) is 0.217. The molecule has 2 aliphatic rings. The molecule has 0 aromatic rings. The molecule has 6 N–H and O–H groups in total. The molecule has 1 aliphatic heterocycles. The Morgan fingerprint density at radius 2 is 1.67 bits per heavy atom. The van der Waals surface area contributed by atoms with E-state index in [1.807, 2.05) is 0 Å². The zero-order valence-corrected chi connectivity index (χ0v) is 14.6. The van der Waals surface area contributed by atoms with E-state index in [0.717, 1.165) is 6.92 Å². The van der Waals surface area contributed by atoms with Gasteiger partial charge in [0.2, 0.25) is 0 Å². The van der Waals surface area contributed by atoms with Crippen LogP contribution < -0.4 is 0 Å². The van der Waals surface area contributed by atoms with Crippen molar-refractivity contribution in [3.05, 3.63) is 0 Å². The number of aliphatic hydroxyl groups excluding tert-OH is 1. The largest absolute Gasteiger partial charge is 0.490 e. The summed E-state index contributed by atoms with van der Waals surface area (Å²) in [5.41, 5.74) is -3.51. The number of hydrogen-bond donors (Lipinski definition) is 6. The molecule has 24 heavy (non-hydrogen) atoms. The number of phosphoric acid groups is 3. The van der Waals surface area contributed by atoms with E-state index in [-0.39, 0.29) is 6.42 Å². The van der Waals surface area contributed by atoms with E-state index in [1.54, 1.807) is 0 Å². The van der Waals surface area contributed by atoms with Gasteiger partial charge in [-0.15, -0.1) is 0 Å². The summed E-state index contributed by atoms with van der Waals surface area (Å²) in [5, 5.41) is 19.9. The van der Waals surface area contributed by atoms with E-state index in [0.29, 0.717) is 0 Å². The topological polar surface area (TPSA) is 210 Å². The summed E-state index contributed by atoms with van der Waals surface area (Å²) in [6.45, 7) is 1.16. The van der Waals surface area contributed by atoms with E-state index >= 15 is 0 Å². The number of ether oxygens (including phenoxy) is 1. The van der Waals surface area contributed by atoms with Gasteiger partial charge in [-0.25, -0.2) is 13.7 Å². The maximum absolute atomic E-state index is 11.7. The molecule has 1 saturated carbocycles. The first kappa shape index (κ1) is 20.7. The molecule has 1 spiro atoms. The average molecular weight is 410 g/mol. The van der Waals surface area contributed by atoms with Gasteiger partial charge in [0.15, 0.2) is 0 Å². The predicted octanol–water partition coefficient (Wildman–Crippen LogP) is -1.52. The van der Waals surface area contributed by atoms with E-state index in [4.69, 9.17) is 27.3 Å². The van der Waals surface area contributed by atoms with Gasteiger partial charge in [0.25, 0.3) is 0 Å². The van der Waals surface area contributed by atoms with Crippen molar-refractivity contribution >= 4 is 31.3 Å². The lowest BCUT2D eigenvalue weighted by Crippen LogP contribution is -2.46. The molecule has 0 aromatic carbocycles. The second-order valence-electron chi connectivity index (χ2n) is 5.51. The molecule has 2 radical (unpaired) electrons. The lowest BCUT2D eigenvalue weighted by atomic mass is 9.81. The highest BCUT2D eigenvalue weighted by Gasteiger charge is 2.73. The lowest BCUT2D eigenvalue weighted by Gasteiger charge is -2.24. The fraction of sp³-hybridized carbons (Fsp3) is 1.00. The monoisotopic (exact) mass is 410 g/mol. The van der Waals surface area contributed by atoms with Crippen LogP contribution in [0.2, 0.25) is 0 Å². The SMILES string of the molecule is [B][C@@H]1OC2(C[C@H]2OP(=O)(O)OP(=O)(O)OP(=O)(O)O)[C@@H](O)[C@@]1(C)O. The first-order chi connectivity index (χ1) is 10.5. The molecule has 17 heteroatoms. The molecule has 0 amide bonds. The molecule has 0 aromatic heterocycles. The van der Waals surface area contributed by atoms with Crippen molar-refractivity contribution in [3.63, 3.8) is 0 Å². The first-order valence-corrected chi connectivity index (χ1v) is 10.7. The minimum atomic E-state index is -5.64. The predicted molar refractivity (Wildman–Crippen MR) is 73.3 cm³/mol. The van der Waals surface area contributed by atoms with Gasteiger partial charge in [-0.1, -0.05) is 0 Å². The molecule has 7 atom stereocenters. The minimum absolute atomic E-state index is 0.207. The van der Waals surface area contributed by atoms with E-state index in [1.165, 1.54) is 0 Å². The number of phosphoric ester groups is 1. The molecule has 2 fully saturated rings. The highest BCUT2D eigenvalue weighted by atomic mass is 31.3. The van der Waals surface area contributed by atoms with Crippen molar-refractivity contribution in [1.82, 2.24) is 0 Å². The third kappa shape index (κ3) is 4.19. The molecular formula is C7H14BO13P3. The Morgan fingerprint density at radius 3 is 2.08 bits per heavy atom. The van der Waals surface area contributed by atoms with Gasteiger partial charge in [0, 0.05) is 12.4 Å². The molecule has 1 aliphatic carbocycles. The van der Waals surface area contributed by atoms with Crippen molar-refractivity contribution in [2.24, 2.45) is 0 Å². The van der Waals surface area contributed by atoms with E-state index < -0.39 is 52.9 Å². The van der Waals surface area contributed by atoms with Crippen LogP contribution in [-0.2, 0) is 31.6 Å². The molecule has 3 unspecified atom stereocenters. The third-order valence-corrected chi connectivity index (χ3v) is 7.35. The molecule has 13 nitrogen and oxygen atoms in total. The Kier molecular flexibility index (Phi) is 5.11.